The van der Waals surface area contributed by atoms with E-state index < -0.39 is 0 Å². The molecule has 0 fully saturated rings. The van der Waals surface area contributed by atoms with Gasteiger partial charge in [-0.15, -0.1) is 0 Å². The summed E-state index contributed by atoms with van der Waals surface area (Å²) in [4.78, 5) is 20.1. The van der Waals surface area contributed by atoms with Crippen molar-refractivity contribution < 1.29 is 14.3 Å². The number of hydrogen-bond acceptors (Lipinski definition) is 5. The van der Waals surface area contributed by atoms with Gasteiger partial charge in [0.1, 0.15) is 0 Å². The molecule has 0 saturated carbocycles. The Balaban J connectivity index is 0. The van der Waals surface area contributed by atoms with E-state index in [0.29, 0.717) is 5.56 Å². The number of carbonyl (C=O) groups is 1. The van der Waals surface area contributed by atoms with E-state index in [1.807, 2.05) is 13.8 Å². The molecule has 6 nitrogen and oxygen atoms in total. The van der Waals surface area contributed by atoms with E-state index in [-0.39, 0.29) is 32.7 Å². The van der Waals surface area contributed by atoms with Crippen molar-refractivity contribution >= 4 is 17.8 Å². The van der Waals surface area contributed by atoms with Gasteiger partial charge in [-0.2, -0.15) is 4.99 Å². The highest BCUT2D eigenvalue weighted by atomic mass is 16.7. The largest absolute Gasteiger partial charge is 0.454 e. The van der Waals surface area contributed by atoms with Crippen LogP contribution in [-0.2, 0) is 9.47 Å². The molecule has 0 aliphatic carbocycles. The maximum Gasteiger partial charge on any atom is 0.389 e. The number of nitrogens with one attached hydrogen (secondary N) is 1. The number of nitrogens with zero attached hydrogens (tertiary/aromatic N) is 2. The van der Waals surface area contributed by atoms with Gasteiger partial charge >= 0.3 is 6.08 Å². The fourth-order valence-electron chi connectivity index (χ4n) is 1.34. The summed E-state index contributed by atoms with van der Waals surface area (Å²) in [7, 11) is 4.42. The minimum Gasteiger partial charge on any atom is -0.454 e. The van der Waals surface area contributed by atoms with Gasteiger partial charge in [-0.3, -0.25) is 4.79 Å². The SMILES string of the molecule is C.C.CNC(=O)c1cc(C)c(C)nc1N=C(OC)OC. The van der Waals surface area contributed by atoms with Gasteiger partial charge in [-0.05, 0) is 25.5 Å². The van der Waals surface area contributed by atoms with E-state index in [9.17, 15) is 4.79 Å². The van der Waals surface area contributed by atoms with Crippen molar-refractivity contribution in [1.29, 1.82) is 0 Å². The standard InChI is InChI=1S/C12H17N3O3.2CH4/c1-7-6-9(11(16)13-3)10(14-8(7)2)15-12(17-4)18-5;;/h6H,1-5H3,(H,13,16);2*1H4. The summed E-state index contributed by atoms with van der Waals surface area (Å²) in [5.41, 5.74) is 2.10. The van der Waals surface area contributed by atoms with Crippen LogP contribution in [0, 0.1) is 13.8 Å². The number of aryl methyl sites for hydroxylation is 2. The summed E-state index contributed by atoms with van der Waals surface area (Å²) < 4.78 is 9.80. The predicted molar refractivity (Wildman–Crippen MR) is 81.7 cm³/mol. The van der Waals surface area contributed by atoms with Crippen LogP contribution < -0.4 is 5.32 Å². The highest BCUT2D eigenvalue weighted by molar-refractivity contribution is 5.98. The first-order valence-corrected chi connectivity index (χ1v) is 5.40. The van der Waals surface area contributed by atoms with Gasteiger partial charge in [0.05, 0.1) is 19.8 Å². The third kappa shape index (κ3) is 4.53. The molecule has 0 radical (unpaired) electrons. The van der Waals surface area contributed by atoms with Gasteiger partial charge in [-0.25, -0.2) is 4.98 Å². The first-order valence-electron chi connectivity index (χ1n) is 5.40. The lowest BCUT2D eigenvalue weighted by Gasteiger charge is -2.08. The van der Waals surface area contributed by atoms with Crippen LogP contribution in [0.15, 0.2) is 11.1 Å². The first kappa shape index (κ1) is 20.2. The number of aliphatic imine (C=N–C) groups is 1. The molecule has 0 bridgehead atoms. The van der Waals surface area contributed by atoms with E-state index in [2.05, 4.69) is 15.3 Å². The Morgan fingerprint density at radius 2 is 1.80 bits per heavy atom. The number of amides is 1. The lowest BCUT2D eigenvalue weighted by atomic mass is 10.1. The molecule has 0 aliphatic heterocycles. The minimum atomic E-state index is -0.254. The minimum absolute atomic E-state index is 0. The van der Waals surface area contributed by atoms with Crippen LogP contribution in [0.1, 0.15) is 36.5 Å². The van der Waals surface area contributed by atoms with Crippen LogP contribution in [0.3, 0.4) is 0 Å². The number of aromatic nitrogens is 1. The molecule has 0 atom stereocenters. The Bertz CT molecular complexity index is 479. The number of ether oxygens (including phenoxy) is 2. The van der Waals surface area contributed by atoms with Crippen molar-refractivity contribution in [3.05, 3.63) is 22.9 Å². The second kappa shape index (κ2) is 8.90. The summed E-state index contributed by atoms with van der Waals surface area (Å²) in [5, 5.41) is 2.55. The van der Waals surface area contributed by atoms with Gasteiger partial charge in [0.15, 0.2) is 5.82 Å². The number of rotatable bonds is 2. The molecular weight excluding hydrogens is 258 g/mol. The highest BCUT2D eigenvalue weighted by Crippen LogP contribution is 2.20. The number of carbonyl (C=O) groups excluding carboxylic acids is 1. The maximum absolute atomic E-state index is 11.8. The number of hydrogen-bond donors (Lipinski definition) is 1. The second-order valence-electron chi connectivity index (χ2n) is 3.63. The Labute approximate surface area is 121 Å². The second-order valence-corrected chi connectivity index (χ2v) is 3.63. The molecule has 1 rings (SSSR count). The first-order chi connectivity index (χ1) is 8.53. The van der Waals surface area contributed by atoms with E-state index in [1.54, 1.807) is 13.1 Å². The van der Waals surface area contributed by atoms with Gasteiger partial charge in [0, 0.05) is 12.7 Å². The summed E-state index contributed by atoms with van der Waals surface area (Å²) in [6.45, 7) is 3.73. The van der Waals surface area contributed by atoms with Crippen molar-refractivity contribution in [1.82, 2.24) is 10.3 Å². The molecule has 114 valence electrons. The average Bonchev–Trinajstić information content (AvgIpc) is 2.38. The molecule has 0 aliphatic rings. The molecule has 1 aromatic heterocycles. The van der Waals surface area contributed by atoms with E-state index in [4.69, 9.17) is 9.47 Å². The molecular formula is C14H25N3O3. The molecule has 0 unspecified atom stereocenters. The van der Waals surface area contributed by atoms with Crippen molar-refractivity contribution in [3.63, 3.8) is 0 Å². The Hall–Kier alpha value is -2.11. The molecule has 1 aromatic rings. The maximum atomic E-state index is 11.8. The van der Waals surface area contributed by atoms with Crippen molar-refractivity contribution in [2.24, 2.45) is 4.99 Å². The molecule has 1 N–H and O–H groups in total. The van der Waals surface area contributed by atoms with Crippen LogP contribution in [-0.4, -0.2) is 38.2 Å². The lowest BCUT2D eigenvalue weighted by molar-refractivity contribution is 0.0963. The quantitative estimate of drug-likeness (QED) is 0.669. The smallest absolute Gasteiger partial charge is 0.389 e. The van der Waals surface area contributed by atoms with E-state index >= 15 is 0 Å². The highest BCUT2D eigenvalue weighted by Gasteiger charge is 2.14. The van der Waals surface area contributed by atoms with Gasteiger partial charge in [0.2, 0.25) is 0 Å². The van der Waals surface area contributed by atoms with Crippen LogP contribution in [0.5, 0.6) is 0 Å². The van der Waals surface area contributed by atoms with Crippen LogP contribution >= 0.6 is 0 Å². The number of pyridine rings is 1. The predicted octanol–water partition coefficient (Wildman–Crippen LogP) is 2.61. The van der Waals surface area contributed by atoms with Gasteiger partial charge in [0.25, 0.3) is 5.91 Å². The fraction of sp³-hybridized carbons (Fsp3) is 0.500. The fourth-order valence-corrected chi connectivity index (χ4v) is 1.34. The Morgan fingerprint density at radius 3 is 2.25 bits per heavy atom. The van der Waals surface area contributed by atoms with E-state index in [0.717, 1.165) is 11.3 Å². The molecule has 20 heavy (non-hydrogen) atoms. The molecule has 1 amide bonds. The molecule has 0 saturated heterocycles. The molecule has 0 spiro atoms. The zero-order valence-electron chi connectivity index (χ0n) is 11.2. The number of methoxy groups -OCH3 is 2. The Kier molecular flexibility index (Phi) is 8.99. The van der Waals surface area contributed by atoms with Crippen molar-refractivity contribution in [3.8, 4) is 0 Å². The summed E-state index contributed by atoms with van der Waals surface area (Å²) in [5.74, 6) is 0.0204. The lowest BCUT2D eigenvalue weighted by Crippen LogP contribution is -2.19. The third-order valence-corrected chi connectivity index (χ3v) is 2.46. The zero-order chi connectivity index (χ0) is 13.7. The monoisotopic (exact) mass is 283 g/mol. The molecule has 6 heteroatoms. The Morgan fingerprint density at radius 1 is 1.25 bits per heavy atom. The van der Waals surface area contributed by atoms with E-state index in [1.165, 1.54) is 14.2 Å². The van der Waals surface area contributed by atoms with Crippen LogP contribution in [0.4, 0.5) is 5.82 Å². The third-order valence-electron chi connectivity index (χ3n) is 2.46. The topological polar surface area (TPSA) is 72.8 Å². The molecule has 0 aromatic carbocycles. The normalized spacial score (nSPS) is 8.65. The van der Waals surface area contributed by atoms with Crippen LogP contribution in [0.2, 0.25) is 0 Å². The summed E-state index contributed by atoms with van der Waals surface area (Å²) >= 11 is 0. The van der Waals surface area contributed by atoms with Crippen LogP contribution in [0.25, 0.3) is 0 Å². The zero-order valence-corrected chi connectivity index (χ0v) is 11.2. The molecule has 1 heterocycles. The summed E-state index contributed by atoms with van der Waals surface area (Å²) in [6, 6.07) is 1.74. The van der Waals surface area contributed by atoms with Crippen molar-refractivity contribution in [2.75, 3.05) is 21.3 Å². The summed E-state index contributed by atoms with van der Waals surface area (Å²) in [6.07, 6.45) is 0.0518. The van der Waals surface area contributed by atoms with Crippen molar-refractivity contribution in [2.45, 2.75) is 28.7 Å². The van der Waals surface area contributed by atoms with Gasteiger partial charge in [-0.1, -0.05) is 14.9 Å². The van der Waals surface area contributed by atoms with Gasteiger partial charge < -0.3 is 14.8 Å². The average molecular weight is 283 g/mol.